The summed E-state index contributed by atoms with van der Waals surface area (Å²) in [5.41, 5.74) is 2.16. The SMILES string of the molecule is CCOc1cc([C@H]2C(=C(O)c3ccc4c(c3)C[C@H](C)O4)C(=O)C(=O)N2CCCn2ccnc2)ccc1OCCC(C)C. The van der Waals surface area contributed by atoms with Gasteiger partial charge in [0.2, 0.25) is 0 Å². The number of aryl methyl sites for hydroxylation is 1. The standard InChI is InChI=1S/C33H39N3O6/c1-5-40-28-19-23(7-10-27(28)41-16-11-21(2)3)30-29(31(37)24-8-9-26-25(18-24)17-22(4)42-26)32(38)33(39)36(30)14-6-13-35-15-12-34-20-35/h7-10,12,15,18-22,30,37H,5-6,11,13-14,16-17H2,1-4H3/t22-,30-/m0/s1. The molecule has 0 radical (unpaired) electrons. The number of aliphatic hydroxyl groups excluding tert-OH is 1. The van der Waals surface area contributed by atoms with E-state index in [1.807, 2.05) is 48.9 Å². The number of hydrogen-bond donors (Lipinski definition) is 1. The van der Waals surface area contributed by atoms with Crippen molar-refractivity contribution in [1.29, 1.82) is 0 Å². The maximum Gasteiger partial charge on any atom is 0.295 e. The number of rotatable bonds is 12. The fourth-order valence-corrected chi connectivity index (χ4v) is 5.51. The Morgan fingerprint density at radius 1 is 1.12 bits per heavy atom. The number of imidazole rings is 1. The third-order valence-electron chi connectivity index (χ3n) is 7.62. The van der Waals surface area contributed by atoms with E-state index in [1.54, 1.807) is 29.6 Å². The zero-order valence-corrected chi connectivity index (χ0v) is 24.7. The van der Waals surface area contributed by atoms with Crippen LogP contribution in [0.25, 0.3) is 5.76 Å². The number of ether oxygens (including phenoxy) is 3. The van der Waals surface area contributed by atoms with Gasteiger partial charge in [0.25, 0.3) is 11.7 Å². The van der Waals surface area contributed by atoms with Crippen LogP contribution in [-0.2, 0) is 22.6 Å². The minimum Gasteiger partial charge on any atom is -0.507 e. The molecule has 222 valence electrons. The predicted molar refractivity (Wildman–Crippen MR) is 159 cm³/mol. The van der Waals surface area contributed by atoms with E-state index in [0.29, 0.717) is 67.7 Å². The Morgan fingerprint density at radius 3 is 2.69 bits per heavy atom. The van der Waals surface area contributed by atoms with Crippen molar-refractivity contribution in [3.63, 3.8) is 0 Å². The molecule has 2 aliphatic rings. The lowest BCUT2D eigenvalue weighted by Crippen LogP contribution is -2.31. The number of amides is 1. The van der Waals surface area contributed by atoms with Crippen molar-refractivity contribution in [3.05, 3.63) is 77.4 Å². The average Bonchev–Trinajstić information content (AvgIpc) is 3.67. The minimum absolute atomic E-state index is 0.0386. The number of likely N-dealkylation sites (tertiary alicyclic amines) is 1. The van der Waals surface area contributed by atoms with Gasteiger partial charge in [-0.2, -0.15) is 0 Å². The summed E-state index contributed by atoms with van der Waals surface area (Å²) in [6.07, 6.45) is 7.52. The van der Waals surface area contributed by atoms with Crippen molar-refractivity contribution in [2.24, 2.45) is 5.92 Å². The highest BCUT2D eigenvalue weighted by Crippen LogP contribution is 2.43. The summed E-state index contributed by atoms with van der Waals surface area (Å²) in [6.45, 7) is 10.1. The second kappa shape index (κ2) is 12.7. The van der Waals surface area contributed by atoms with Crippen LogP contribution in [0.4, 0.5) is 0 Å². The molecule has 1 aromatic heterocycles. The Balaban J connectivity index is 1.53. The highest BCUT2D eigenvalue weighted by Gasteiger charge is 2.46. The second-order valence-electron chi connectivity index (χ2n) is 11.3. The zero-order valence-electron chi connectivity index (χ0n) is 24.7. The van der Waals surface area contributed by atoms with Crippen molar-refractivity contribution >= 4 is 17.4 Å². The third-order valence-corrected chi connectivity index (χ3v) is 7.62. The first-order chi connectivity index (χ1) is 20.3. The quantitative estimate of drug-likeness (QED) is 0.172. The van der Waals surface area contributed by atoms with Gasteiger partial charge in [-0.1, -0.05) is 19.9 Å². The molecule has 3 aromatic rings. The lowest BCUT2D eigenvalue weighted by atomic mass is 9.94. The zero-order chi connectivity index (χ0) is 29.8. The van der Waals surface area contributed by atoms with Crippen LogP contribution in [0.15, 0.2) is 60.7 Å². The van der Waals surface area contributed by atoms with E-state index in [2.05, 4.69) is 18.8 Å². The van der Waals surface area contributed by atoms with Crippen LogP contribution in [-0.4, -0.2) is 57.1 Å². The van der Waals surface area contributed by atoms with Gasteiger partial charge in [0.1, 0.15) is 17.6 Å². The van der Waals surface area contributed by atoms with Gasteiger partial charge in [-0.25, -0.2) is 4.98 Å². The number of nitrogens with zero attached hydrogens (tertiary/aromatic N) is 3. The van der Waals surface area contributed by atoms with Gasteiger partial charge in [0, 0.05) is 37.5 Å². The number of aliphatic hydroxyl groups is 1. The van der Waals surface area contributed by atoms with Crippen molar-refractivity contribution in [1.82, 2.24) is 14.5 Å². The molecule has 0 bridgehead atoms. The molecule has 9 heteroatoms. The molecule has 1 N–H and O–H groups in total. The van der Waals surface area contributed by atoms with Crippen LogP contribution in [0.3, 0.4) is 0 Å². The third kappa shape index (κ3) is 6.15. The van der Waals surface area contributed by atoms with E-state index < -0.39 is 17.7 Å². The molecule has 1 fully saturated rings. The molecule has 0 spiro atoms. The van der Waals surface area contributed by atoms with E-state index >= 15 is 0 Å². The molecule has 3 heterocycles. The van der Waals surface area contributed by atoms with Gasteiger partial charge in [-0.15, -0.1) is 0 Å². The van der Waals surface area contributed by atoms with Gasteiger partial charge in [-0.3, -0.25) is 9.59 Å². The minimum atomic E-state index is -0.792. The van der Waals surface area contributed by atoms with Gasteiger partial charge >= 0.3 is 0 Å². The van der Waals surface area contributed by atoms with Gasteiger partial charge in [0.05, 0.1) is 31.2 Å². The fraction of sp³-hybridized carbons (Fsp3) is 0.424. The average molecular weight is 574 g/mol. The lowest BCUT2D eigenvalue weighted by molar-refractivity contribution is -0.139. The van der Waals surface area contributed by atoms with Crippen molar-refractivity contribution in [3.8, 4) is 17.2 Å². The maximum atomic E-state index is 13.6. The maximum absolute atomic E-state index is 13.6. The smallest absolute Gasteiger partial charge is 0.295 e. The number of carbonyl (C=O) groups excluding carboxylic acids is 2. The van der Waals surface area contributed by atoms with Crippen LogP contribution in [0, 0.1) is 5.92 Å². The van der Waals surface area contributed by atoms with Gasteiger partial charge < -0.3 is 28.8 Å². The molecule has 5 rings (SSSR count). The first-order valence-electron chi connectivity index (χ1n) is 14.7. The topological polar surface area (TPSA) is 103 Å². The molecule has 42 heavy (non-hydrogen) atoms. The Kier molecular flexibility index (Phi) is 8.85. The van der Waals surface area contributed by atoms with Crippen LogP contribution in [0.2, 0.25) is 0 Å². The number of aromatic nitrogens is 2. The number of hydrogen-bond acceptors (Lipinski definition) is 7. The van der Waals surface area contributed by atoms with Crippen LogP contribution in [0.1, 0.15) is 63.3 Å². The van der Waals surface area contributed by atoms with Crippen LogP contribution < -0.4 is 14.2 Å². The highest BCUT2D eigenvalue weighted by molar-refractivity contribution is 6.46. The van der Waals surface area contributed by atoms with Crippen molar-refractivity contribution in [2.75, 3.05) is 19.8 Å². The Labute approximate surface area is 246 Å². The molecule has 1 amide bonds. The molecule has 2 aliphatic heterocycles. The van der Waals surface area contributed by atoms with Gasteiger partial charge in [-0.05, 0) is 74.1 Å². The summed E-state index contributed by atoms with van der Waals surface area (Å²) in [4.78, 5) is 32.7. The molecule has 0 saturated carbocycles. The summed E-state index contributed by atoms with van der Waals surface area (Å²) in [5.74, 6) is 0.854. The first kappa shape index (κ1) is 29.2. The molecular formula is C33H39N3O6. The summed E-state index contributed by atoms with van der Waals surface area (Å²) < 4.78 is 19.7. The second-order valence-corrected chi connectivity index (χ2v) is 11.3. The molecule has 0 unspecified atom stereocenters. The van der Waals surface area contributed by atoms with Crippen LogP contribution >= 0.6 is 0 Å². The number of ketones is 1. The number of Topliss-reactive ketones (excluding diaryl/α,β-unsaturated/α-hetero) is 1. The van der Waals surface area contributed by atoms with Crippen molar-refractivity contribution < 1.29 is 28.9 Å². The molecule has 9 nitrogen and oxygen atoms in total. The predicted octanol–water partition coefficient (Wildman–Crippen LogP) is 5.54. The molecule has 1 saturated heterocycles. The van der Waals surface area contributed by atoms with Crippen molar-refractivity contribution in [2.45, 2.75) is 65.6 Å². The van der Waals surface area contributed by atoms with Crippen LogP contribution in [0.5, 0.6) is 17.2 Å². The van der Waals surface area contributed by atoms with E-state index in [1.165, 1.54) is 0 Å². The Bertz CT molecular complexity index is 1460. The highest BCUT2D eigenvalue weighted by atomic mass is 16.5. The summed E-state index contributed by atoms with van der Waals surface area (Å²) in [5, 5.41) is 11.6. The van der Waals surface area contributed by atoms with E-state index in [0.717, 1.165) is 17.7 Å². The summed E-state index contributed by atoms with van der Waals surface area (Å²) >= 11 is 0. The number of fused-ring (bicyclic) bond motifs is 1. The van der Waals surface area contributed by atoms with E-state index in [4.69, 9.17) is 14.2 Å². The Hall–Kier alpha value is -4.27. The van der Waals surface area contributed by atoms with E-state index in [-0.39, 0.29) is 17.4 Å². The largest absolute Gasteiger partial charge is 0.507 e. The number of carbonyl (C=O) groups is 2. The molecule has 2 aromatic carbocycles. The van der Waals surface area contributed by atoms with Gasteiger partial charge in [0.15, 0.2) is 11.5 Å². The monoisotopic (exact) mass is 573 g/mol. The Morgan fingerprint density at radius 2 is 1.95 bits per heavy atom. The fourth-order valence-electron chi connectivity index (χ4n) is 5.51. The lowest BCUT2D eigenvalue weighted by Gasteiger charge is -2.26. The molecule has 2 atom stereocenters. The number of benzene rings is 2. The summed E-state index contributed by atoms with van der Waals surface area (Å²) in [6, 6.07) is 10.1. The van der Waals surface area contributed by atoms with E-state index in [9.17, 15) is 14.7 Å². The molecular weight excluding hydrogens is 534 g/mol. The summed E-state index contributed by atoms with van der Waals surface area (Å²) in [7, 11) is 0. The first-order valence-corrected chi connectivity index (χ1v) is 14.7. The normalized spacial score (nSPS) is 19.3. The molecule has 0 aliphatic carbocycles.